The fourth-order valence-corrected chi connectivity index (χ4v) is 3.62. The van der Waals surface area contributed by atoms with E-state index in [1.165, 1.54) is 0 Å². The molecule has 0 radical (unpaired) electrons. The van der Waals surface area contributed by atoms with E-state index in [2.05, 4.69) is 22.6 Å². The summed E-state index contributed by atoms with van der Waals surface area (Å²) in [4.78, 5) is 11.5. The molecule has 2 fully saturated rings. The first-order valence-electron chi connectivity index (χ1n) is 6.83. The molecule has 0 unspecified atom stereocenters. The second-order valence-corrected chi connectivity index (χ2v) is 5.94. The van der Waals surface area contributed by atoms with Gasteiger partial charge in [-0.2, -0.15) is 0 Å². The summed E-state index contributed by atoms with van der Waals surface area (Å²) in [5.74, 6) is -1.39. The Kier molecular flexibility index (Phi) is 5.08. The number of halogens is 1. The van der Waals surface area contributed by atoms with Gasteiger partial charge in [-0.1, -0.05) is 36.4 Å². The van der Waals surface area contributed by atoms with Gasteiger partial charge in [0.05, 0.1) is 18.6 Å². The molecular formula is C13H21IO5. The normalized spacial score (nSPS) is 38.2. The molecule has 2 saturated heterocycles. The lowest BCUT2D eigenvalue weighted by molar-refractivity contribution is -0.308. The van der Waals surface area contributed by atoms with Crippen molar-refractivity contribution in [3.8, 4) is 0 Å². The number of esters is 1. The number of ether oxygens (including phenoxy) is 3. The standard InChI is InChI=1S/C13H21IO5/c1-3-13(4-2)17-6-5-8(19-13)10-9(7-14)18-12(16)11(10)15/h8-11,15H,3-7H2,1-2H3/t8-,9-,10-,11-/m0/s1. The Morgan fingerprint density at radius 2 is 2.11 bits per heavy atom. The summed E-state index contributed by atoms with van der Waals surface area (Å²) >= 11 is 2.17. The molecule has 5 nitrogen and oxygen atoms in total. The third kappa shape index (κ3) is 2.91. The number of hydrogen-bond acceptors (Lipinski definition) is 5. The summed E-state index contributed by atoms with van der Waals surface area (Å²) in [5, 5.41) is 10.0. The zero-order valence-electron chi connectivity index (χ0n) is 11.3. The lowest BCUT2D eigenvalue weighted by Gasteiger charge is -2.42. The molecule has 0 saturated carbocycles. The molecule has 110 valence electrons. The number of aliphatic hydroxyl groups is 1. The minimum atomic E-state index is -1.07. The van der Waals surface area contributed by atoms with Gasteiger partial charge in [0, 0.05) is 4.43 Å². The Morgan fingerprint density at radius 3 is 2.68 bits per heavy atom. The van der Waals surface area contributed by atoms with Crippen LogP contribution >= 0.6 is 22.6 Å². The van der Waals surface area contributed by atoms with Crippen LogP contribution < -0.4 is 0 Å². The molecule has 2 heterocycles. The number of alkyl halides is 1. The fourth-order valence-electron chi connectivity index (χ4n) is 2.86. The molecule has 0 spiro atoms. The summed E-state index contributed by atoms with van der Waals surface area (Å²) in [6, 6.07) is 0. The van der Waals surface area contributed by atoms with Crippen LogP contribution in [0.25, 0.3) is 0 Å². The number of aliphatic hydroxyl groups excluding tert-OH is 1. The largest absolute Gasteiger partial charge is 0.459 e. The quantitative estimate of drug-likeness (QED) is 0.454. The molecule has 0 aliphatic carbocycles. The van der Waals surface area contributed by atoms with Gasteiger partial charge >= 0.3 is 5.97 Å². The predicted molar refractivity (Wildman–Crippen MR) is 77.0 cm³/mol. The molecule has 0 aromatic heterocycles. The summed E-state index contributed by atoms with van der Waals surface area (Å²) in [7, 11) is 0. The minimum absolute atomic E-state index is 0.185. The summed E-state index contributed by atoms with van der Waals surface area (Å²) in [6.45, 7) is 4.64. The zero-order chi connectivity index (χ0) is 14.0. The van der Waals surface area contributed by atoms with Gasteiger partial charge in [0.2, 0.25) is 0 Å². The minimum Gasteiger partial charge on any atom is -0.459 e. The highest BCUT2D eigenvalue weighted by Gasteiger charge is 2.50. The van der Waals surface area contributed by atoms with E-state index >= 15 is 0 Å². The van der Waals surface area contributed by atoms with E-state index in [-0.39, 0.29) is 18.1 Å². The third-order valence-corrected chi connectivity index (χ3v) is 4.96. The molecule has 1 N–H and O–H groups in total. The fraction of sp³-hybridized carbons (Fsp3) is 0.923. The van der Waals surface area contributed by atoms with Crippen LogP contribution in [0.2, 0.25) is 0 Å². The van der Waals surface area contributed by atoms with Crippen molar-refractivity contribution in [1.29, 1.82) is 0 Å². The maximum absolute atomic E-state index is 11.5. The summed E-state index contributed by atoms with van der Waals surface area (Å²) in [6.07, 6.45) is 0.675. The van der Waals surface area contributed by atoms with Gasteiger partial charge in [0.1, 0.15) is 6.10 Å². The van der Waals surface area contributed by atoms with Crippen LogP contribution in [0.3, 0.4) is 0 Å². The molecule has 2 rings (SSSR count). The average molecular weight is 384 g/mol. The van der Waals surface area contributed by atoms with Crippen LogP contribution in [0.1, 0.15) is 33.1 Å². The van der Waals surface area contributed by atoms with Crippen molar-refractivity contribution in [2.75, 3.05) is 11.0 Å². The van der Waals surface area contributed by atoms with Crippen LogP contribution in [0.5, 0.6) is 0 Å². The number of cyclic esters (lactones) is 1. The van der Waals surface area contributed by atoms with Gasteiger partial charge < -0.3 is 19.3 Å². The highest BCUT2D eigenvalue weighted by Crippen LogP contribution is 2.37. The topological polar surface area (TPSA) is 65.0 Å². The van der Waals surface area contributed by atoms with Gasteiger partial charge in [-0.05, 0) is 19.3 Å². The van der Waals surface area contributed by atoms with Gasteiger partial charge in [-0.15, -0.1) is 0 Å². The predicted octanol–water partition coefficient (Wildman–Crippen LogP) is 1.65. The molecule has 0 aromatic rings. The van der Waals surface area contributed by atoms with Crippen molar-refractivity contribution in [2.24, 2.45) is 5.92 Å². The van der Waals surface area contributed by atoms with E-state index in [9.17, 15) is 9.90 Å². The van der Waals surface area contributed by atoms with Gasteiger partial charge in [0.25, 0.3) is 0 Å². The van der Waals surface area contributed by atoms with Crippen LogP contribution in [-0.2, 0) is 19.0 Å². The first-order chi connectivity index (χ1) is 9.06. The van der Waals surface area contributed by atoms with E-state index in [1.807, 2.05) is 13.8 Å². The highest BCUT2D eigenvalue weighted by molar-refractivity contribution is 14.1. The highest BCUT2D eigenvalue weighted by atomic mass is 127. The van der Waals surface area contributed by atoms with Crippen molar-refractivity contribution in [3.05, 3.63) is 0 Å². The van der Waals surface area contributed by atoms with Gasteiger partial charge in [-0.3, -0.25) is 0 Å². The molecule has 0 bridgehead atoms. The van der Waals surface area contributed by atoms with Crippen LogP contribution in [-0.4, -0.2) is 46.2 Å². The number of rotatable bonds is 4. The molecule has 4 atom stereocenters. The Morgan fingerprint density at radius 1 is 1.42 bits per heavy atom. The van der Waals surface area contributed by atoms with Crippen LogP contribution in [0.15, 0.2) is 0 Å². The maximum Gasteiger partial charge on any atom is 0.335 e. The van der Waals surface area contributed by atoms with E-state index < -0.39 is 17.9 Å². The molecule has 2 aliphatic rings. The van der Waals surface area contributed by atoms with Crippen molar-refractivity contribution in [1.82, 2.24) is 0 Å². The number of carbonyl (C=O) groups is 1. The lowest BCUT2D eigenvalue weighted by atomic mass is 9.90. The molecule has 0 aromatic carbocycles. The van der Waals surface area contributed by atoms with Crippen molar-refractivity contribution in [2.45, 2.75) is 57.2 Å². The summed E-state index contributed by atoms with van der Waals surface area (Å²) in [5.41, 5.74) is 0. The van der Waals surface area contributed by atoms with Crippen LogP contribution in [0, 0.1) is 5.92 Å². The Hall–Kier alpha value is 0.0800. The number of hydrogen-bond donors (Lipinski definition) is 1. The maximum atomic E-state index is 11.5. The van der Waals surface area contributed by atoms with E-state index in [0.717, 1.165) is 12.8 Å². The SMILES string of the molecule is CCC1(CC)OCC[C@@H]([C@H]2[C@H](CI)OC(=O)[C@H]2O)O1. The third-order valence-electron chi connectivity index (χ3n) is 4.10. The van der Waals surface area contributed by atoms with E-state index in [4.69, 9.17) is 14.2 Å². The monoisotopic (exact) mass is 384 g/mol. The first kappa shape index (κ1) is 15.5. The van der Waals surface area contributed by atoms with Crippen molar-refractivity contribution in [3.63, 3.8) is 0 Å². The second-order valence-electron chi connectivity index (χ2n) is 5.06. The van der Waals surface area contributed by atoms with E-state index in [0.29, 0.717) is 17.5 Å². The Labute approximate surface area is 127 Å². The van der Waals surface area contributed by atoms with Gasteiger partial charge in [0.15, 0.2) is 11.9 Å². The summed E-state index contributed by atoms with van der Waals surface area (Å²) < 4.78 is 17.7. The second kappa shape index (κ2) is 6.24. The molecule has 2 aliphatic heterocycles. The zero-order valence-corrected chi connectivity index (χ0v) is 13.5. The lowest BCUT2D eigenvalue weighted by Crippen LogP contribution is -2.50. The van der Waals surface area contributed by atoms with Crippen molar-refractivity contribution < 1.29 is 24.1 Å². The van der Waals surface area contributed by atoms with Crippen molar-refractivity contribution >= 4 is 28.6 Å². The van der Waals surface area contributed by atoms with E-state index in [1.54, 1.807) is 0 Å². The molecule has 19 heavy (non-hydrogen) atoms. The smallest absolute Gasteiger partial charge is 0.335 e. The molecule has 0 amide bonds. The first-order valence-corrected chi connectivity index (χ1v) is 8.35. The van der Waals surface area contributed by atoms with Gasteiger partial charge in [-0.25, -0.2) is 4.79 Å². The molecular weight excluding hydrogens is 363 g/mol. The Bertz CT molecular complexity index is 331. The number of carbonyl (C=O) groups excluding carboxylic acids is 1. The van der Waals surface area contributed by atoms with Crippen LogP contribution in [0.4, 0.5) is 0 Å². The average Bonchev–Trinajstić information content (AvgIpc) is 2.74. The Balaban J connectivity index is 2.14. The molecule has 6 heteroatoms.